The van der Waals surface area contributed by atoms with Gasteiger partial charge in [-0.15, -0.1) is 0 Å². The van der Waals surface area contributed by atoms with Crippen LogP contribution in [0.1, 0.15) is 69.4 Å². The highest BCUT2D eigenvalue weighted by Crippen LogP contribution is 2.32. The van der Waals surface area contributed by atoms with Crippen molar-refractivity contribution in [3.05, 3.63) is 63.8 Å². The summed E-state index contributed by atoms with van der Waals surface area (Å²) in [5.41, 5.74) is 7.49. The molecule has 1 aromatic carbocycles. The van der Waals surface area contributed by atoms with Gasteiger partial charge in [-0.25, -0.2) is 8.78 Å². The minimum absolute atomic E-state index is 0.0594. The quantitative estimate of drug-likeness (QED) is 0.486. The maximum absolute atomic E-state index is 13.4. The number of nitrogens with one attached hydrogen (secondary N) is 2. The summed E-state index contributed by atoms with van der Waals surface area (Å²) in [7, 11) is 0. The van der Waals surface area contributed by atoms with Crippen LogP contribution >= 0.6 is 0 Å². The number of piperidine rings is 1. The van der Waals surface area contributed by atoms with Gasteiger partial charge in [-0.1, -0.05) is 12.2 Å². The molecule has 1 saturated heterocycles. The molecule has 1 aliphatic carbocycles. The predicted octanol–water partition coefficient (Wildman–Crippen LogP) is 3.32. The van der Waals surface area contributed by atoms with Gasteiger partial charge in [0.2, 0.25) is 11.8 Å². The average molecular weight is 525 g/mol. The lowest BCUT2D eigenvalue weighted by Crippen LogP contribution is -2.54. The van der Waals surface area contributed by atoms with Gasteiger partial charge in [0.15, 0.2) is 0 Å². The van der Waals surface area contributed by atoms with Crippen molar-refractivity contribution in [1.82, 2.24) is 15.2 Å². The number of primary amides is 1. The summed E-state index contributed by atoms with van der Waals surface area (Å²) in [5.74, 6) is -1.37. The Labute approximate surface area is 222 Å². The molecular weight excluding hydrogens is 486 g/mol. The van der Waals surface area contributed by atoms with Gasteiger partial charge in [0, 0.05) is 42.8 Å². The second-order valence-corrected chi connectivity index (χ2v) is 10.4. The first kappa shape index (κ1) is 27.8. The van der Waals surface area contributed by atoms with Crippen LogP contribution in [0.2, 0.25) is 0 Å². The van der Waals surface area contributed by atoms with Crippen molar-refractivity contribution >= 4 is 30.0 Å². The summed E-state index contributed by atoms with van der Waals surface area (Å²) in [6.45, 7) is 5.12. The van der Waals surface area contributed by atoms with Crippen molar-refractivity contribution in [3.8, 4) is 0 Å². The smallest absolute Gasteiger partial charge is 0.246 e. The van der Waals surface area contributed by atoms with Crippen LogP contribution < -0.4 is 21.6 Å². The number of H-pyrrole nitrogens is 1. The monoisotopic (exact) mass is 524 g/mol. The fourth-order valence-corrected chi connectivity index (χ4v) is 6.04. The molecule has 1 saturated carbocycles. The number of aromatic amines is 1. The first-order valence-corrected chi connectivity index (χ1v) is 13.6. The van der Waals surface area contributed by atoms with Gasteiger partial charge in [-0.3, -0.25) is 9.59 Å². The van der Waals surface area contributed by atoms with Crippen LogP contribution in [-0.2, 0) is 9.59 Å². The molecule has 1 aromatic heterocycles. The lowest BCUT2D eigenvalue weighted by atomic mass is 9.81. The normalized spacial score (nSPS) is 22.8. The van der Waals surface area contributed by atoms with E-state index in [0.29, 0.717) is 37.4 Å². The van der Waals surface area contributed by atoms with Crippen molar-refractivity contribution < 1.29 is 18.4 Å². The number of halogens is 2. The van der Waals surface area contributed by atoms with Crippen molar-refractivity contribution in [2.45, 2.75) is 70.4 Å². The van der Waals surface area contributed by atoms with Crippen molar-refractivity contribution in [2.75, 3.05) is 13.1 Å². The molecule has 2 heterocycles. The van der Waals surface area contributed by atoms with E-state index in [2.05, 4.69) is 35.6 Å². The molecule has 0 radical (unpaired) electrons. The van der Waals surface area contributed by atoms with Gasteiger partial charge in [0.25, 0.3) is 0 Å². The zero-order valence-corrected chi connectivity index (χ0v) is 22.2. The van der Waals surface area contributed by atoms with Crippen LogP contribution in [0.5, 0.6) is 0 Å². The number of hydrogen-bond acceptors (Lipinski definition) is 3. The third-order valence-corrected chi connectivity index (χ3v) is 8.08. The van der Waals surface area contributed by atoms with Gasteiger partial charge >= 0.3 is 0 Å². The van der Waals surface area contributed by atoms with Crippen molar-refractivity contribution in [2.24, 2.45) is 11.7 Å². The Morgan fingerprint density at radius 3 is 2.26 bits per heavy atom. The molecule has 204 valence electrons. The number of aromatic nitrogens is 1. The number of carbonyl (C=O) groups is 2. The Kier molecular flexibility index (Phi) is 9.15. The van der Waals surface area contributed by atoms with Gasteiger partial charge in [-0.05, 0) is 98.8 Å². The predicted molar refractivity (Wildman–Crippen MR) is 146 cm³/mol. The maximum atomic E-state index is 13.4. The Morgan fingerprint density at radius 2 is 1.68 bits per heavy atom. The van der Waals surface area contributed by atoms with E-state index >= 15 is 0 Å². The fraction of sp³-hybridized carbons (Fsp3) is 0.467. The number of hydrogen-bond donors (Lipinski definition) is 3. The number of likely N-dealkylation sites (tertiary alicyclic amines) is 1. The lowest BCUT2D eigenvalue weighted by Gasteiger charge is -2.38. The first-order chi connectivity index (χ1) is 18.3. The van der Waals surface area contributed by atoms with E-state index in [4.69, 9.17) is 5.73 Å². The highest BCUT2D eigenvalue weighted by Gasteiger charge is 2.34. The molecule has 38 heavy (non-hydrogen) atoms. The first-order valence-electron chi connectivity index (χ1n) is 13.6. The van der Waals surface area contributed by atoms with E-state index in [-0.39, 0.29) is 23.8 Å². The largest absolute Gasteiger partial charge is 0.368 e. The zero-order valence-electron chi connectivity index (χ0n) is 22.2. The molecule has 0 spiro atoms. The Bertz CT molecular complexity index is 1270. The molecule has 2 fully saturated rings. The summed E-state index contributed by atoms with van der Waals surface area (Å²) >= 11 is 0. The maximum Gasteiger partial charge on any atom is 0.246 e. The van der Waals surface area contributed by atoms with E-state index in [0.717, 1.165) is 31.7 Å². The van der Waals surface area contributed by atoms with Gasteiger partial charge in [0.1, 0.15) is 11.6 Å². The Hall–Kier alpha value is -3.26. The van der Waals surface area contributed by atoms with Crippen LogP contribution in [-0.4, -0.2) is 46.9 Å². The zero-order chi connectivity index (χ0) is 27.2. The van der Waals surface area contributed by atoms with Gasteiger partial charge in [-0.2, -0.15) is 0 Å². The molecule has 4 N–H and O–H groups in total. The summed E-state index contributed by atoms with van der Waals surface area (Å²) in [6.07, 6.45) is 14.6. The molecule has 8 heteroatoms. The molecule has 1 atom stereocenters. The lowest BCUT2D eigenvalue weighted by molar-refractivity contribution is -0.128. The van der Waals surface area contributed by atoms with E-state index in [1.165, 1.54) is 40.4 Å². The standard InChI is InChI=1S/C30H38F2N4O2/c1-3-25-26(18-34-27(25)4-2)20-6-8-24(9-7-20)35-29(30(33)38)21-11-13-36(14-12-21)28(37)10-5-19-15-22(31)17-23(32)16-19/h3-5,10,15-18,20-21,24,29,34-35H,6-9,11-14H2,1-2H3,(H2,33,38). The van der Waals surface area contributed by atoms with Crippen molar-refractivity contribution in [3.63, 3.8) is 0 Å². The molecule has 2 aliphatic rings. The second-order valence-electron chi connectivity index (χ2n) is 10.4. The fourth-order valence-electron chi connectivity index (χ4n) is 6.04. The number of amides is 2. The van der Waals surface area contributed by atoms with Crippen LogP contribution in [0.25, 0.3) is 18.2 Å². The van der Waals surface area contributed by atoms with E-state index in [1.54, 1.807) is 4.90 Å². The van der Waals surface area contributed by atoms with Crippen LogP contribution in [0.4, 0.5) is 8.78 Å². The van der Waals surface area contributed by atoms with E-state index in [1.807, 2.05) is 6.92 Å². The minimum Gasteiger partial charge on any atom is -0.368 e. The molecule has 1 aliphatic heterocycles. The molecule has 4 rings (SSSR count). The Morgan fingerprint density at radius 1 is 1.03 bits per heavy atom. The number of carbonyl (C=O) groups excluding carboxylic acids is 2. The van der Waals surface area contributed by atoms with Crippen molar-refractivity contribution in [1.29, 1.82) is 0 Å². The molecule has 1 unspecified atom stereocenters. The molecule has 2 aromatic rings. The summed E-state index contributed by atoms with van der Waals surface area (Å²) in [4.78, 5) is 30.1. The molecule has 0 bridgehead atoms. The number of nitrogens with zero attached hydrogens (tertiary/aromatic N) is 1. The average Bonchev–Trinajstić information content (AvgIpc) is 3.33. The Balaban J connectivity index is 1.29. The van der Waals surface area contributed by atoms with Gasteiger partial charge < -0.3 is 20.9 Å². The summed E-state index contributed by atoms with van der Waals surface area (Å²) < 4.78 is 26.8. The second kappa shape index (κ2) is 12.5. The number of nitrogens with two attached hydrogens (primary N) is 1. The SMILES string of the molecule is CC=c1[nH]cc(C2CCC(NC(C(N)=O)C3CCN(C(=O)C=Cc4cc(F)cc(F)c4)CC3)CC2)c1=CC. The summed E-state index contributed by atoms with van der Waals surface area (Å²) in [6, 6.07) is 2.96. The number of rotatable bonds is 7. The minimum atomic E-state index is -0.686. The molecular formula is C30H38F2N4O2. The highest BCUT2D eigenvalue weighted by molar-refractivity contribution is 5.91. The number of benzene rings is 1. The summed E-state index contributed by atoms with van der Waals surface area (Å²) in [5, 5.41) is 6.01. The van der Waals surface area contributed by atoms with Crippen LogP contribution in [0.3, 0.4) is 0 Å². The topological polar surface area (TPSA) is 91.2 Å². The molecule has 2 amide bonds. The highest BCUT2D eigenvalue weighted by atomic mass is 19.1. The van der Waals surface area contributed by atoms with Gasteiger partial charge in [0.05, 0.1) is 6.04 Å². The van der Waals surface area contributed by atoms with Crippen LogP contribution in [0, 0.1) is 17.6 Å². The van der Waals surface area contributed by atoms with Crippen LogP contribution in [0.15, 0.2) is 30.5 Å². The molecule has 6 nitrogen and oxygen atoms in total. The third-order valence-electron chi connectivity index (χ3n) is 8.08. The van der Waals surface area contributed by atoms with E-state index < -0.39 is 17.7 Å². The third kappa shape index (κ3) is 6.59. The van der Waals surface area contributed by atoms with E-state index in [9.17, 15) is 18.4 Å².